The van der Waals surface area contributed by atoms with Crippen molar-refractivity contribution >= 4 is 39.0 Å². The quantitative estimate of drug-likeness (QED) is 0.312. The molecule has 0 aliphatic rings. The van der Waals surface area contributed by atoms with E-state index in [2.05, 4.69) is 38.7 Å². The molecule has 33 heavy (non-hydrogen) atoms. The number of fused-ring (bicyclic) bond motifs is 1. The fraction of sp³-hybridized carbons (Fsp3) is 0.200. The van der Waals surface area contributed by atoms with Gasteiger partial charge in [0.25, 0.3) is 5.91 Å². The first-order valence-corrected chi connectivity index (χ1v) is 11.3. The Morgan fingerprint density at radius 2 is 1.82 bits per heavy atom. The van der Waals surface area contributed by atoms with Crippen molar-refractivity contribution in [2.75, 3.05) is 26.1 Å². The second-order valence-corrected chi connectivity index (χ2v) is 8.76. The molecular weight excluding hydrogens is 434 g/mol. The number of nitrogens with zero attached hydrogens (tertiary/aromatic N) is 4. The number of ether oxygens (including phenoxy) is 1. The number of hydrazone groups is 1. The number of aromatic nitrogens is 2. The van der Waals surface area contributed by atoms with Crippen LogP contribution in [0.3, 0.4) is 0 Å². The summed E-state index contributed by atoms with van der Waals surface area (Å²) >= 11 is 1.64. The molecule has 0 atom stereocenters. The fourth-order valence-corrected chi connectivity index (χ4v) is 4.21. The summed E-state index contributed by atoms with van der Waals surface area (Å²) in [6.07, 6.45) is 0. The van der Waals surface area contributed by atoms with E-state index in [0.717, 1.165) is 31.9 Å². The average Bonchev–Trinajstić information content (AvgIpc) is 3.25. The summed E-state index contributed by atoms with van der Waals surface area (Å²) in [5.41, 5.74) is 6.01. The first kappa shape index (κ1) is 22.4. The van der Waals surface area contributed by atoms with E-state index in [1.165, 1.54) is 4.90 Å². The molecule has 0 aliphatic heterocycles. The Balaban J connectivity index is 1.51. The summed E-state index contributed by atoms with van der Waals surface area (Å²) in [5, 5.41) is 5.48. The van der Waals surface area contributed by atoms with Gasteiger partial charge in [-0.25, -0.2) is 9.97 Å². The third kappa shape index (κ3) is 5.35. The maximum Gasteiger partial charge on any atom is 0.259 e. The van der Waals surface area contributed by atoms with Crippen LogP contribution in [0.5, 0.6) is 5.75 Å². The molecule has 2 heterocycles. The minimum absolute atomic E-state index is 0.00957. The number of rotatable bonds is 7. The highest BCUT2D eigenvalue weighted by Crippen LogP contribution is 2.35. The number of nitrogens with one attached hydrogen (secondary N) is 1. The highest BCUT2D eigenvalue weighted by Gasteiger charge is 2.12. The molecule has 0 fully saturated rings. The zero-order valence-corrected chi connectivity index (χ0v) is 19.8. The predicted octanol–water partition coefficient (Wildman–Crippen LogP) is 4.97. The number of aryl methyl sites for hydroxylation is 1. The van der Waals surface area contributed by atoms with Crippen molar-refractivity contribution in [3.05, 3.63) is 72.1 Å². The minimum Gasteiger partial charge on any atom is -0.484 e. The van der Waals surface area contributed by atoms with Gasteiger partial charge in [0.15, 0.2) is 12.4 Å². The monoisotopic (exact) mass is 459 g/mol. The highest BCUT2D eigenvalue weighted by molar-refractivity contribution is 7.21. The van der Waals surface area contributed by atoms with Gasteiger partial charge in [0.2, 0.25) is 0 Å². The molecule has 8 heteroatoms. The molecule has 4 aromatic rings. The summed E-state index contributed by atoms with van der Waals surface area (Å²) in [4.78, 5) is 24.4. The summed E-state index contributed by atoms with van der Waals surface area (Å²) in [5.74, 6) is 1.91. The van der Waals surface area contributed by atoms with Gasteiger partial charge in [-0.3, -0.25) is 10.2 Å². The Labute approximate surface area is 196 Å². The third-order valence-electron chi connectivity index (χ3n) is 5.03. The lowest BCUT2D eigenvalue weighted by Gasteiger charge is -2.11. The molecule has 0 spiro atoms. The number of benzene rings is 2. The summed E-state index contributed by atoms with van der Waals surface area (Å²) in [6, 6.07) is 19.8. The van der Waals surface area contributed by atoms with Gasteiger partial charge in [-0.2, -0.15) is 5.10 Å². The molecule has 7 nitrogen and oxygen atoms in total. The Morgan fingerprint density at radius 3 is 2.52 bits per heavy atom. The van der Waals surface area contributed by atoms with Gasteiger partial charge in [-0.05, 0) is 55.3 Å². The van der Waals surface area contributed by atoms with Crippen LogP contribution in [0.15, 0.2) is 65.8 Å². The van der Waals surface area contributed by atoms with Crippen molar-refractivity contribution in [2.45, 2.75) is 13.8 Å². The molecule has 0 bridgehead atoms. The van der Waals surface area contributed by atoms with Gasteiger partial charge in [-0.15, -0.1) is 11.3 Å². The van der Waals surface area contributed by atoms with Crippen molar-refractivity contribution in [3.8, 4) is 16.2 Å². The predicted molar refractivity (Wildman–Crippen MR) is 134 cm³/mol. The van der Waals surface area contributed by atoms with Crippen molar-refractivity contribution in [2.24, 2.45) is 5.10 Å². The SMILES string of the molecule is C/C(=N/Nc1nc(C)nc2sc(-c3ccccc3)cc12)c1ccc(OCC(=O)N(C)C)cc1. The van der Waals surface area contributed by atoms with Gasteiger partial charge in [0.1, 0.15) is 16.4 Å². The second-order valence-electron chi connectivity index (χ2n) is 7.73. The topological polar surface area (TPSA) is 79.7 Å². The molecule has 0 saturated heterocycles. The molecule has 0 radical (unpaired) electrons. The van der Waals surface area contributed by atoms with Crippen LogP contribution in [0.1, 0.15) is 18.3 Å². The van der Waals surface area contributed by atoms with Gasteiger partial charge in [0.05, 0.1) is 11.1 Å². The van der Waals surface area contributed by atoms with Crippen LogP contribution in [0.4, 0.5) is 5.82 Å². The highest BCUT2D eigenvalue weighted by atomic mass is 32.1. The van der Waals surface area contributed by atoms with E-state index in [4.69, 9.17) is 4.74 Å². The molecule has 2 aromatic carbocycles. The number of anilines is 1. The van der Waals surface area contributed by atoms with Crippen molar-refractivity contribution in [3.63, 3.8) is 0 Å². The lowest BCUT2D eigenvalue weighted by molar-refractivity contribution is -0.130. The number of hydrogen-bond donors (Lipinski definition) is 1. The molecule has 168 valence electrons. The number of carbonyl (C=O) groups is 1. The first-order chi connectivity index (χ1) is 15.9. The van der Waals surface area contributed by atoms with Crippen LogP contribution in [-0.2, 0) is 4.79 Å². The smallest absolute Gasteiger partial charge is 0.259 e. The summed E-state index contributed by atoms with van der Waals surface area (Å²) in [6.45, 7) is 3.81. The molecule has 4 rings (SSSR count). The molecule has 0 unspecified atom stereocenters. The van der Waals surface area contributed by atoms with Gasteiger partial charge in [0, 0.05) is 19.0 Å². The number of likely N-dealkylation sites (N-methyl/N-ethyl adjacent to an activating group) is 1. The summed E-state index contributed by atoms with van der Waals surface area (Å²) in [7, 11) is 3.40. The van der Waals surface area contributed by atoms with Gasteiger partial charge < -0.3 is 9.64 Å². The van der Waals surface area contributed by atoms with Crippen LogP contribution >= 0.6 is 11.3 Å². The maximum absolute atomic E-state index is 11.7. The third-order valence-corrected chi connectivity index (χ3v) is 6.10. The number of thiophene rings is 1. The molecule has 0 aliphatic carbocycles. The molecule has 1 amide bonds. The number of hydrogen-bond acceptors (Lipinski definition) is 7. The second kappa shape index (κ2) is 9.79. The van der Waals surface area contributed by atoms with Crippen molar-refractivity contribution in [1.82, 2.24) is 14.9 Å². The van der Waals surface area contributed by atoms with Gasteiger partial charge >= 0.3 is 0 Å². The van der Waals surface area contributed by atoms with E-state index in [0.29, 0.717) is 17.4 Å². The normalized spacial score (nSPS) is 11.5. The Bertz CT molecular complexity index is 1300. The van der Waals surface area contributed by atoms with E-state index in [9.17, 15) is 4.79 Å². The Hall–Kier alpha value is -3.78. The number of carbonyl (C=O) groups excluding carboxylic acids is 1. The maximum atomic E-state index is 11.7. The molecule has 2 aromatic heterocycles. The van der Waals surface area contributed by atoms with Crippen LogP contribution in [0.2, 0.25) is 0 Å². The van der Waals surface area contributed by atoms with E-state index in [-0.39, 0.29) is 12.5 Å². The van der Waals surface area contributed by atoms with Crippen LogP contribution in [0, 0.1) is 6.92 Å². The minimum atomic E-state index is -0.0867. The lowest BCUT2D eigenvalue weighted by Crippen LogP contribution is -2.27. The Morgan fingerprint density at radius 1 is 1.09 bits per heavy atom. The van der Waals surface area contributed by atoms with Crippen molar-refractivity contribution < 1.29 is 9.53 Å². The van der Waals surface area contributed by atoms with E-state index in [1.54, 1.807) is 25.4 Å². The van der Waals surface area contributed by atoms with Gasteiger partial charge in [-0.1, -0.05) is 30.3 Å². The molecule has 1 N–H and O–H groups in total. The fourth-order valence-electron chi connectivity index (χ4n) is 3.13. The average molecular weight is 460 g/mol. The zero-order chi connectivity index (χ0) is 23.4. The van der Waals surface area contributed by atoms with Crippen LogP contribution < -0.4 is 10.2 Å². The van der Waals surface area contributed by atoms with Crippen molar-refractivity contribution in [1.29, 1.82) is 0 Å². The van der Waals surface area contributed by atoms with E-state index in [1.807, 2.05) is 56.3 Å². The van der Waals surface area contributed by atoms with Crippen LogP contribution in [-0.4, -0.2) is 47.2 Å². The Kier molecular flexibility index (Phi) is 6.65. The van der Waals surface area contributed by atoms with Crippen LogP contribution in [0.25, 0.3) is 20.7 Å². The molecule has 0 saturated carbocycles. The standard InChI is InChI=1S/C25H25N5O2S/c1-16(18-10-12-20(13-11-18)32-15-23(31)30(3)4)28-29-24-21-14-22(19-8-6-5-7-9-19)33-25(21)27-17(2)26-24/h5-14H,15H2,1-4H3,(H,26,27,29)/b28-16-. The number of amides is 1. The summed E-state index contributed by atoms with van der Waals surface area (Å²) < 4.78 is 5.53. The van der Waals surface area contributed by atoms with E-state index >= 15 is 0 Å². The first-order valence-electron chi connectivity index (χ1n) is 10.5. The van der Waals surface area contributed by atoms with E-state index < -0.39 is 0 Å². The molecular formula is C25H25N5O2S. The zero-order valence-electron chi connectivity index (χ0n) is 19.0. The largest absolute Gasteiger partial charge is 0.484 e. The lowest BCUT2D eigenvalue weighted by atomic mass is 10.1.